The fourth-order valence-electron chi connectivity index (χ4n) is 9.43. The van der Waals surface area contributed by atoms with Crippen molar-refractivity contribution >= 4 is 74.4 Å². The highest BCUT2D eigenvalue weighted by Crippen LogP contribution is 2.47. The molecule has 1 unspecified atom stereocenters. The Morgan fingerprint density at radius 2 is 1.42 bits per heavy atom. The second kappa shape index (κ2) is 31.3. The van der Waals surface area contributed by atoms with E-state index in [0.717, 1.165) is 27.3 Å². The van der Waals surface area contributed by atoms with Gasteiger partial charge in [-0.2, -0.15) is 0 Å². The van der Waals surface area contributed by atoms with Gasteiger partial charge in [-0.3, -0.25) is 14.4 Å². The molecule has 5 aromatic carbocycles. The third kappa shape index (κ3) is 18.4. The Morgan fingerprint density at radius 3 is 2.07 bits per heavy atom. The number of hydrogen-bond donors (Lipinski definition) is 5. The first kappa shape index (κ1) is 64.0. The van der Waals surface area contributed by atoms with E-state index in [2.05, 4.69) is 26.3 Å². The number of amides is 4. The van der Waals surface area contributed by atoms with Gasteiger partial charge in [0.15, 0.2) is 17.3 Å². The zero-order valence-electron chi connectivity index (χ0n) is 49.3. The van der Waals surface area contributed by atoms with Gasteiger partial charge in [-0.25, -0.2) is 9.59 Å². The van der Waals surface area contributed by atoms with E-state index in [9.17, 15) is 24.0 Å². The third-order valence-corrected chi connectivity index (χ3v) is 14.0. The summed E-state index contributed by atoms with van der Waals surface area (Å²) in [5.41, 5.74) is 4.01. The summed E-state index contributed by atoms with van der Waals surface area (Å²) in [5, 5.41) is 14.0. The quantitative estimate of drug-likeness (QED) is 0.0196. The van der Waals surface area contributed by atoms with E-state index in [4.69, 9.17) is 49.5 Å². The molecule has 2 heterocycles. The number of ketones is 1. The average Bonchev–Trinajstić information content (AvgIpc) is 1.63. The fraction of sp³-hybridized carbons (Fsp3) is 0.444. The van der Waals surface area contributed by atoms with Crippen LogP contribution in [0.5, 0.6) is 17.2 Å². The van der Waals surface area contributed by atoms with Gasteiger partial charge in [0.2, 0.25) is 6.10 Å². The van der Waals surface area contributed by atoms with Gasteiger partial charge in [0.25, 0.3) is 11.8 Å². The van der Waals surface area contributed by atoms with Crippen LogP contribution in [0.25, 0.3) is 21.7 Å². The van der Waals surface area contributed by atoms with Crippen LogP contribution in [0, 0.1) is 5.92 Å². The van der Waals surface area contributed by atoms with E-state index in [1.54, 1.807) is 63.1 Å². The first-order valence-electron chi connectivity index (χ1n) is 28.3. The highest BCUT2D eigenvalue weighted by Gasteiger charge is 2.37. The number of hydrogen-bond acceptors (Lipinski definition) is 15. The summed E-state index contributed by atoms with van der Waals surface area (Å²) in [6, 6.07) is 30.7. The molecule has 0 saturated carbocycles. The molecule has 0 fully saturated rings. The van der Waals surface area contributed by atoms with Crippen LogP contribution in [0.15, 0.2) is 103 Å². The van der Waals surface area contributed by atoms with Gasteiger partial charge in [0, 0.05) is 90.6 Å². The van der Waals surface area contributed by atoms with E-state index >= 15 is 0 Å². The smallest absolute Gasteiger partial charge is 0.408 e. The van der Waals surface area contributed by atoms with Crippen LogP contribution in [0.4, 0.5) is 21.0 Å². The predicted octanol–water partition coefficient (Wildman–Crippen LogP) is 9.39. The van der Waals surface area contributed by atoms with Gasteiger partial charge >= 0.3 is 12.2 Å². The Bertz CT molecular complexity index is 3130. The lowest BCUT2D eigenvalue weighted by Crippen LogP contribution is -2.45. The number of nitrogens with zero attached hydrogens (tertiary/aromatic N) is 2. The van der Waals surface area contributed by atoms with E-state index in [0.29, 0.717) is 98.1 Å². The molecule has 7 rings (SSSR count). The minimum absolute atomic E-state index is 0.0818. The van der Waals surface area contributed by atoms with Gasteiger partial charge in [0.1, 0.15) is 30.3 Å². The monoisotopic (exact) mass is 1180 g/mol. The van der Waals surface area contributed by atoms with Gasteiger partial charge < -0.3 is 73.9 Å². The van der Waals surface area contributed by atoms with Gasteiger partial charge in [-0.05, 0) is 81.6 Å². The maximum atomic E-state index is 14.8. The van der Waals surface area contributed by atoms with Crippen LogP contribution in [0.2, 0.25) is 0 Å². The summed E-state index contributed by atoms with van der Waals surface area (Å²) < 4.78 is 46.2. The lowest BCUT2D eigenvalue weighted by Gasteiger charge is -2.23. The Hall–Kier alpha value is -7.62. The number of likely N-dealkylation sites (N-methyl/N-ethyl adjacent to an activating group) is 1. The zero-order chi connectivity index (χ0) is 60.2. The predicted molar refractivity (Wildman–Crippen MR) is 324 cm³/mol. The average molecular weight is 1180 g/mol. The molecular weight excluding hydrogens is 1100 g/mol. The van der Waals surface area contributed by atoms with Crippen LogP contribution < -0.4 is 40.4 Å². The first-order chi connectivity index (χ1) is 40.4. The van der Waals surface area contributed by atoms with Gasteiger partial charge in [0.05, 0.1) is 58.5 Å². The number of alkyl carbamates (subject to hydrolysis) is 2. The number of carbonyl (C=O) groups is 5. The summed E-state index contributed by atoms with van der Waals surface area (Å²) in [4.78, 5) is 74.3. The van der Waals surface area contributed by atoms with E-state index in [1.165, 1.54) is 0 Å². The fourth-order valence-corrected chi connectivity index (χ4v) is 9.68. The highest BCUT2D eigenvalue weighted by molar-refractivity contribution is 6.19. The molecule has 1 aliphatic heterocycles. The van der Waals surface area contributed by atoms with Crippen LogP contribution in [-0.4, -0.2) is 157 Å². The van der Waals surface area contributed by atoms with Crippen molar-refractivity contribution in [3.63, 3.8) is 0 Å². The number of benzene rings is 5. The first-order valence-corrected chi connectivity index (χ1v) is 28.9. The highest BCUT2D eigenvalue weighted by atomic mass is 35.5. The number of methoxy groups -OCH3 is 1. The minimum atomic E-state index is -1.18. The number of H-pyrrole nitrogens is 1. The number of alkyl halides is 1. The summed E-state index contributed by atoms with van der Waals surface area (Å²) in [6.45, 7) is 13.1. The molecular formula is C63H80ClN7O13. The minimum Gasteiger partial charge on any atom is -0.493 e. The van der Waals surface area contributed by atoms with Crippen LogP contribution in [0.1, 0.15) is 80.2 Å². The van der Waals surface area contributed by atoms with Crippen molar-refractivity contribution in [2.24, 2.45) is 5.92 Å². The van der Waals surface area contributed by atoms with Crippen LogP contribution >= 0.6 is 11.6 Å². The second-order valence-corrected chi connectivity index (χ2v) is 22.1. The summed E-state index contributed by atoms with van der Waals surface area (Å²) in [5.74, 6) is 0.437. The van der Waals surface area contributed by atoms with Crippen LogP contribution in [-0.2, 0) is 39.9 Å². The number of nitrogens with one attached hydrogen (secondary N) is 5. The number of ether oxygens (including phenoxy) is 8. The Kier molecular flexibility index (Phi) is 23.8. The van der Waals surface area contributed by atoms with E-state index < -0.39 is 35.8 Å². The van der Waals surface area contributed by atoms with Gasteiger partial charge in [-0.1, -0.05) is 80.6 Å². The number of fused-ring (bicyclic) bond motifs is 4. The van der Waals surface area contributed by atoms with Crippen molar-refractivity contribution in [3.05, 3.63) is 126 Å². The van der Waals surface area contributed by atoms with Crippen LogP contribution in [0.3, 0.4) is 0 Å². The van der Waals surface area contributed by atoms with Crippen molar-refractivity contribution in [2.45, 2.75) is 71.3 Å². The molecule has 20 nitrogen and oxygen atoms in total. The molecule has 84 heavy (non-hydrogen) atoms. The molecule has 4 amide bonds. The molecule has 452 valence electrons. The van der Waals surface area contributed by atoms with Crippen molar-refractivity contribution < 1.29 is 61.9 Å². The Labute approximate surface area is 496 Å². The number of Topliss-reactive ketones (excluding diaryl/α,β-unsaturated/α-hetero) is 1. The SMILES string of the molecule is COc1cc2[nH]c(C(=O)N3C[C@@H](CCl)c4c3cc(OC(C(=O)NCCOCCOCCOCCNC(=O)OC(C)(C)C)c3ccc(NCCC(=O)[C@@H](NC(=O)OCc5ccccc5)C(C)C)cc3)c3ccccc43)cc2cc1OCCN(C)C. The topological polar surface area (TPSA) is 230 Å². The largest absolute Gasteiger partial charge is 0.493 e. The standard InChI is InChI=1S/C63H80ClN7O13/c1-41(2)57(69-62(76)82-40-42-14-10-9-11-15-42)52(72)22-23-65-46-20-18-43(19-21-46)58(59(73)66-24-27-78-30-32-80-33-31-79-28-25-67-61(75)84-63(3,4)5)83-53-37-51-56(48-17-13-12-16-47(48)53)45(38-64)39-71(51)60(74)50-34-44-35-55(81-29-26-70(6)7)54(77-8)36-49(44)68-50/h9-21,34-37,41,45,57-58,65,68H,22-33,38-40H2,1-8H3,(H,66,73)(H,67,75)(H,69,76)/t45-,57+,58?/m1/s1. The Balaban J connectivity index is 1.04. The molecule has 5 N–H and O–H groups in total. The maximum absolute atomic E-state index is 14.8. The molecule has 0 radical (unpaired) electrons. The number of aromatic nitrogens is 1. The van der Waals surface area contributed by atoms with Gasteiger partial charge in [-0.15, -0.1) is 11.6 Å². The second-order valence-electron chi connectivity index (χ2n) is 21.8. The maximum Gasteiger partial charge on any atom is 0.408 e. The number of rotatable bonds is 32. The molecule has 6 aromatic rings. The lowest BCUT2D eigenvalue weighted by molar-refractivity contribution is -0.128. The summed E-state index contributed by atoms with van der Waals surface area (Å²) in [7, 11) is 5.52. The number of aromatic amines is 1. The number of halogens is 1. The molecule has 1 aliphatic rings. The van der Waals surface area contributed by atoms with Crippen molar-refractivity contribution in [3.8, 4) is 17.2 Å². The summed E-state index contributed by atoms with van der Waals surface area (Å²) >= 11 is 6.71. The van der Waals surface area contributed by atoms with E-state index in [1.807, 2.05) is 106 Å². The molecule has 3 atom stereocenters. The molecule has 0 spiro atoms. The Morgan fingerprint density at radius 1 is 0.750 bits per heavy atom. The lowest BCUT2D eigenvalue weighted by atomic mass is 9.95. The molecule has 0 aliphatic carbocycles. The molecule has 0 bridgehead atoms. The van der Waals surface area contributed by atoms with E-state index in [-0.39, 0.29) is 68.7 Å². The summed E-state index contributed by atoms with van der Waals surface area (Å²) in [6.07, 6.45) is -2.24. The van der Waals surface area contributed by atoms with Crippen molar-refractivity contribution in [1.29, 1.82) is 0 Å². The van der Waals surface area contributed by atoms with Crippen molar-refractivity contribution in [1.82, 2.24) is 25.8 Å². The zero-order valence-corrected chi connectivity index (χ0v) is 50.1. The number of carbonyl (C=O) groups excluding carboxylic acids is 5. The number of anilines is 2. The molecule has 21 heteroatoms. The normalized spacial score (nSPS) is 13.8. The van der Waals surface area contributed by atoms with Crippen molar-refractivity contribution in [2.75, 3.05) is 116 Å². The molecule has 1 aromatic heterocycles. The third-order valence-electron chi connectivity index (χ3n) is 13.6. The molecule has 0 saturated heterocycles.